The van der Waals surface area contributed by atoms with Crippen molar-refractivity contribution in [3.05, 3.63) is 74.4 Å². The van der Waals surface area contributed by atoms with Crippen LogP contribution in [0, 0.1) is 11.3 Å². The van der Waals surface area contributed by atoms with Gasteiger partial charge < -0.3 is 5.73 Å². The highest BCUT2D eigenvalue weighted by Gasteiger charge is 2.41. The van der Waals surface area contributed by atoms with E-state index in [0.29, 0.717) is 30.5 Å². The predicted octanol–water partition coefficient (Wildman–Crippen LogP) is 6.37. The van der Waals surface area contributed by atoms with Crippen LogP contribution in [0.2, 0.25) is 0 Å². The SMILES string of the molecule is CC(C)(C)c1ccc([C@@H]2C(C#N)=C(N)N(c3cccc(C(F)(F)F)c3)C3=C2C(=O)CCC3)s1. The summed E-state index contributed by atoms with van der Waals surface area (Å²) in [5.74, 6) is -0.633. The average Bonchev–Trinajstić information content (AvgIpc) is 3.23. The summed E-state index contributed by atoms with van der Waals surface area (Å²) in [5, 5.41) is 10.1. The number of anilines is 1. The molecule has 0 radical (unpaired) electrons. The van der Waals surface area contributed by atoms with Gasteiger partial charge in [-0.05, 0) is 48.6 Å². The number of nitriles is 1. The van der Waals surface area contributed by atoms with Gasteiger partial charge in [0.15, 0.2) is 5.78 Å². The highest BCUT2D eigenvalue weighted by Crippen LogP contribution is 2.48. The number of ketones is 1. The molecule has 2 aromatic rings. The highest BCUT2D eigenvalue weighted by molar-refractivity contribution is 7.12. The summed E-state index contributed by atoms with van der Waals surface area (Å²) in [6.45, 7) is 6.26. The van der Waals surface area contributed by atoms with Gasteiger partial charge in [-0.3, -0.25) is 9.69 Å². The summed E-state index contributed by atoms with van der Waals surface area (Å²) in [4.78, 5) is 16.6. The Hall–Kier alpha value is -3.05. The minimum atomic E-state index is -4.52. The number of nitrogens with two attached hydrogens (primary N) is 1. The standard InChI is InChI=1S/C25H24F3N3OS/c1-24(2,3)20-11-10-19(33-20)21-16(13-29)23(30)31(17-8-5-9-18(32)22(17)21)15-7-4-6-14(12-15)25(26,27)28/h4,6-7,10-12,21H,5,8-9,30H2,1-3H3/t21-/m0/s1. The van der Waals surface area contributed by atoms with E-state index in [0.717, 1.165) is 21.9 Å². The second-order valence-electron chi connectivity index (χ2n) is 9.32. The number of Topliss-reactive ketones (excluding diaryl/α,β-unsaturated/α-hetero) is 1. The summed E-state index contributed by atoms with van der Waals surface area (Å²) in [6.07, 6.45) is -3.12. The fourth-order valence-electron chi connectivity index (χ4n) is 4.40. The summed E-state index contributed by atoms with van der Waals surface area (Å²) in [7, 11) is 0. The maximum atomic E-state index is 13.4. The first-order valence-corrected chi connectivity index (χ1v) is 11.5. The molecule has 1 aliphatic carbocycles. The zero-order valence-corrected chi connectivity index (χ0v) is 19.4. The molecule has 0 bridgehead atoms. The van der Waals surface area contributed by atoms with Crippen LogP contribution in [-0.2, 0) is 16.4 Å². The number of benzene rings is 1. The second kappa shape index (κ2) is 8.07. The van der Waals surface area contributed by atoms with E-state index in [1.165, 1.54) is 28.4 Å². The third-order valence-electron chi connectivity index (χ3n) is 6.00. The molecule has 0 fully saturated rings. The number of nitrogens with zero attached hydrogens (tertiary/aromatic N) is 2. The number of thiophene rings is 1. The lowest BCUT2D eigenvalue weighted by Crippen LogP contribution is -2.38. The van der Waals surface area contributed by atoms with E-state index in [9.17, 15) is 23.2 Å². The van der Waals surface area contributed by atoms with Crippen LogP contribution in [0.15, 0.2) is 59.1 Å². The second-order valence-corrected chi connectivity index (χ2v) is 10.4. The minimum absolute atomic E-state index is 0.0704. The molecule has 8 heteroatoms. The molecule has 0 unspecified atom stereocenters. The van der Waals surface area contributed by atoms with Gasteiger partial charge in [0, 0.05) is 33.1 Å². The Morgan fingerprint density at radius 2 is 1.88 bits per heavy atom. The molecule has 2 heterocycles. The number of hydrogen-bond donors (Lipinski definition) is 1. The van der Waals surface area contributed by atoms with Crippen molar-refractivity contribution in [2.45, 2.75) is 57.5 Å². The number of carbonyl (C=O) groups excluding carboxylic acids is 1. The van der Waals surface area contributed by atoms with E-state index in [-0.39, 0.29) is 28.3 Å². The molecule has 33 heavy (non-hydrogen) atoms. The first-order valence-electron chi connectivity index (χ1n) is 10.7. The summed E-state index contributed by atoms with van der Waals surface area (Å²) in [5.41, 5.74) is 6.97. The van der Waals surface area contributed by atoms with Crippen molar-refractivity contribution < 1.29 is 18.0 Å². The molecule has 1 aromatic carbocycles. The molecular weight excluding hydrogens is 447 g/mol. The van der Waals surface area contributed by atoms with E-state index in [4.69, 9.17) is 5.73 Å². The number of allylic oxidation sites excluding steroid dienone is 3. The van der Waals surface area contributed by atoms with Crippen LogP contribution in [0.4, 0.5) is 18.9 Å². The molecule has 4 rings (SSSR count). The third-order valence-corrected chi connectivity index (χ3v) is 7.57. The Morgan fingerprint density at radius 3 is 2.48 bits per heavy atom. The summed E-state index contributed by atoms with van der Waals surface area (Å²) in [6, 6.07) is 10.9. The number of halogens is 3. The van der Waals surface area contributed by atoms with Crippen LogP contribution >= 0.6 is 11.3 Å². The fourth-order valence-corrected chi connectivity index (χ4v) is 5.58. The van der Waals surface area contributed by atoms with Crippen molar-refractivity contribution >= 4 is 22.8 Å². The zero-order chi connectivity index (χ0) is 24.1. The van der Waals surface area contributed by atoms with E-state index < -0.39 is 17.7 Å². The Balaban J connectivity index is 1.93. The number of alkyl halides is 3. The monoisotopic (exact) mass is 471 g/mol. The van der Waals surface area contributed by atoms with Crippen molar-refractivity contribution in [1.82, 2.24) is 0 Å². The molecule has 0 spiro atoms. The van der Waals surface area contributed by atoms with Gasteiger partial charge in [-0.15, -0.1) is 11.3 Å². The van der Waals surface area contributed by atoms with Gasteiger partial charge in [-0.2, -0.15) is 18.4 Å². The van der Waals surface area contributed by atoms with Crippen LogP contribution in [-0.4, -0.2) is 5.78 Å². The van der Waals surface area contributed by atoms with Gasteiger partial charge in [-0.25, -0.2) is 0 Å². The van der Waals surface area contributed by atoms with E-state index >= 15 is 0 Å². The molecule has 0 saturated carbocycles. The lowest BCUT2D eigenvalue weighted by atomic mass is 9.78. The predicted molar refractivity (Wildman–Crippen MR) is 122 cm³/mol. The summed E-state index contributed by atoms with van der Waals surface area (Å²) >= 11 is 1.53. The fraction of sp³-hybridized carbons (Fsp3) is 0.360. The molecule has 1 atom stereocenters. The van der Waals surface area contributed by atoms with Crippen LogP contribution in [0.25, 0.3) is 0 Å². The van der Waals surface area contributed by atoms with Gasteiger partial charge in [0.05, 0.1) is 23.1 Å². The highest BCUT2D eigenvalue weighted by atomic mass is 32.1. The van der Waals surface area contributed by atoms with Crippen molar-refractivity contribution in [3.8, 4) is 6.07 Å². The first kappa shape index (κ1) is 23.1. The van der Waals surface area contributed by atoms with Crippen LogP contribution in [0.3, 0.4) is 0 Å². The van der Waals surface area contributed by atoms with Crippen LogP contribution in [0.5, 0.6) is 0 Å². The van der Waals surface area contributed by atoms with Gasteiger partial charge in [-0.1, -0.05) is 26.8 Å². The molecule has 1 aromatic heterocycles. The maximum Gasteiger partial charge on any atom is 0.416 e. The Bertz CT molecular complexity index is 1220. The van der Waals surface area contributed by atoms with E-state index in [2.05, 4.69) is 26.8 Å². The van der Waals surface area contributed by atoms with Gasteiger partial charge in [0.1, 0.15) is 5.82 Å². The average molecular weight is 472 g/mol. The van der Waals surface area contributed by atoms with E-state index in [1.54, 1.807) is 0 Å². The lowest BCUT2D eigenvalue weighted by molar-refractivity contribution is -0.137. The Labute approximate surface area is 194 Å². The van der Waals surface area contributed by atoms with Crippen LogP contribution < -0.4 is 10.6 Å². The van der Waals surface area contributed by atoms with E-state index in [1.807, 2.05) is 12.1 Å². The largest absolute Gasteiger partial charge is 0.416 e. The lowest BCUT2D eigenvalue weighted by Gasteiger charge is -2.39. The number of hydrogen-bond acceptors (Lipinski definition) is 5. The first-order chi connectivity index (χ1) is 15.4. The Kier molecular flexibility index (Phi) is 5.65. The van der Waals surface area contributed by atoms with Gasteiger partial charge in [0.25, 0.3) is 0 Å². The molecule has 2 aliphatic rings. The molecular formula is C25H24F3N3OS. The molecule has 0 saturated heterocycles. The maximum absolute atomic E-state index is 13.4. The minimum Gasteiger partial charge on any atom is -0.384 e. The molecule has 172 valence electrons. The quantitative estimate of drug-likeness (QED) is 0.553. The van der Waals surface area contributed by atoms with Crippen LogP contribution in [0.1, 0.15) is 61.3 Å². The van der Waals surface area contributed by atoms with Crippen molar-refractivity contribution in [2.24, 2.45) is 5.73 Å². The zero-order valence-electron chi connectivity index (χ0n) is 18.6. The summed E-state index contributed by atoms with van der Waals surface area (Å²) < 4.78 is 40.1. The third kappa shape index (κ3) is 4.06. The Morgan fingerprint density at radius 1 is 1.15 bits per heavy atom. The van der Waals surface area contributed by atoms with Gasteiger partial charge in [0.2, 0.25) is 0 Å². The topological polar surface area (TPSA) is 70.1 Å². The van der Waals surface area contributed by atoms with Crippen molar-refractivity contribution in [2.75, 3.05) is 4.90 Å². The molecule has 0 amide bonds. The van der Waals surface area contributed by atoms with Crippen molar-refractivity contribution in [3.63, 3.8) is 0 Å². The van der Waals surface area contributed by atoms with Crippen molar-refractivity contribution in [1.29, 1.82) is 5.26 Å². The normalized spacial score (nSPS) is 19.6. The molecule has 4 nitrogen and oxygen atoms in total. The smallest absolute Gasteiger partial charge is 0.384 e. The molecule has 2 N–H and O–H groups in total. The molecule has 1 aliphatic heterocycles. The van der Waals surface area contributed by atoms with Gasteiger partial charge >= 0.3 is 6.18 Å². The number of carbonyl (C=O) groups is 1. The number of rotatable bonds is 2.